The maximum Gasteiger partial charge on any atom is 0.175 e. The van der Waals surface area contributed by atoms with Crippen LogP contribution in [0.25, 0.3) is 5.82 Å². The summed E-state index contributed by atoms with van der Waals surface area (Å²) in [6.07, 6.45) is 3.01. The number of rotatable bonds is 1. The van der Waals surface area contributed by atoms with Crippen molar-refractivity contribution in [3.63, 3.8) is 0 Å². The van der Waals surface area contributed by atoms with Crippen LogP contribution in [0.2, 0.25) is 5.02 Å². The van der Waals surface area contributed by atoms with Crippen LogP contribution in [-0.4, -0.2) is 19.7 Å². The molecule has 0 unspecified atom stereocenters. The topological polar surface area (TPSA) is 43.6 Å². The van der Waals surface area contributed by atoms with E-state index >= 15 is 0 Å². The quantitative estimate of drug-likeness (QED) is 0.719. The van der Waals surface area contributed by atoms with Gasteiger partial charge in [-0.1, -0.05) is 11.6 Å². The molecule has 0 radical (unpaired) electrons. The number of nitrogens with zero attached hydrogens (tertiary/aromatic N) is 4. The van der Waals surface area contributed by atoms with Crippen LogP contribution in [0.1, 0.15) is 11.4 Å². The Balaban J connectivity index is 2.60. The van der Waals surface area contributed by atoms with E-state index in [1.807, 2.05) is 19.9 Å². The standard InChI is InChI=1S/C9H9ClN4/c1-6-3-7(2)14(13-6)9-8(10)4-11-5-12-9/h3-5H,1-2H3. The zero-order valence-electron chi connectivity index (χ0n) is 7.90. The predicted octanol–water partition coefficient (Wildman–Crippen LogP) is 1.93. The van der Waals surface area contributed by atoms with Crippen molar-refractivity contribution in [2.75, 3.05) is 0 Å². The number of hydrogen-bond donors (Lipinski definition) is 0. The van der Waals surface area contributed by atoms with E-state index in [4.69, 9.17) is 11.6 Å². The summed E-state index contributed by atoms with van der Waals surface area (Å²) in [6, 6.07) is 1.97. The molecule has 2 rings (SSSR count). The van der Waals surface area contributed by atoms with Gasteiger partial charge in [0, 0.05) is 5.69 Å². The molecule has 0 saturated heterocycles. The Bertz CT molecular complexity index is 464. The molecule has 72 valence electrons. The Kier molecular flexibility index (Phi) is 2.21. The fraction of sp³-hybridized carbons (Fsp3) is 0.222. The average Bonchev–Trinajstić information content (AvgIpc) is 2.46. The van der Waals surface area contributed by atoms with E-state index in [-0.39, 0.29) is 0 Å². The summed E-state index contributed by atoms with van der Waals surface area (Å²) in [4.78, 5) is 7.90. The fourth-order valence-electron chi connectivity index (χ4n) is 1.31. The first-order chi connectivity index (χ1) is 6.68. The van der Waals surface area contributed by atoms with Gasteiger partial charge in [-0.3, -0.25) is 0 Å². The first-order valence-corrected chi connectivity index (χ1v) is 4.55. The van der Waals surface area contributed by atoms with Gasteiger partial charge in [0.15, 0.2) is 5.82 Å². The summed E-state index contributed by atoms with van der Waals surface area (Å²) in [6.45, 7) is 3.89. The summed E-state index contributed by atoms with van der Waals surface area (Å²) in [7, 11) is 0. The van der Waals surface area contributed by atoms with E-state index in [0.29, 0.717) is 10.8 Å². The molecule has 0 spiro atoms. The molecule has 0 amide bonds. The Hall–Kier alpha value is -1.42. The zero-order chi connectivity index (χ0) is 10.1. The van der Waals surface area contributed by atoms with Crippen LogP contribution in [0.15, 0.2) is 18.6 Å². The van der Waals surface area contributed by atoms with Gasteiger partial charge in [0.25, 0.3) is 0 Å². The van der Waals surface area contributed by atoms with Gasteiger partial charge >= 0.3 is 0 Å². The second-order valence-corrected chi connectivity index (χ2v) is 3.44. The Labute approximate surface area is 86.6 Å². The molecule has 14 heavy (non-hydrogen) atoms. The van der Waals surface area contributed by atoms with Gasteiger partial charge in [-0.25, -0.2) is 14.6 Å². The molecule has 0 N–H and O–H groups in total. The average molecular weight is 209 g/mol. The molecule has 0 atom stereocenters. The highest BCUT2D eigenvalue weighted by Gasteiger charge is 2.08. The van der Waals surface area contributed by atoms with E-state index < -0.39 is 0 Å². The lowest BCUT2D eigenvalue weighted by Gasteiger charge is -2.03. The van der Waals surface area contributed by atoms with Crippen LogP contribution < -0.4 is 0 Å². The first-order valence-electron chi connectivity index (χ1n) is 4.17. The minimum absolute atomic E-state index is 0.499. The van der Waals surface area contributed by atoms with Crippen LogP contribution in [0.4, 0.5) is 0 Å². The molecule has 0 saturated carbocycles. The molecule has 0 aliphatic carbocycles. The molecular formula is C9H9ClN4. The maximum absolute atomic E-state index is 5.95. The normalized spacial score (nSPS) is 10.5. The number of aromatic nitrogens is 4. The smallest absolute Gasteiger partial charge is 0.175 e. The van der Waals surface area contributed by atoms with E-state index in [9.17, 15) is 0 Å². The van der Waals surface area contributed by atoms with Crippen LogP contribution >= 0.6 is 11.6 Å². The van der Waals surface area contributed by atoms with E-state index in [1.165, 1.54) is 6.33 Å². The van der Waals surface area contributed by atoms with Gasteiger partial charge in [-0.2, -0.15) is 5.10 Å². The van der Waals surface area contributed by atoms with Gasteiger partial charge in [0.1, 0.15) is 11.3 Å². The highest BCUT2D eigenvalue weighted by atomic mass is 35.5. The van der Waals surface area contributed by atoms with Crippen molar-refractivity contribution in [1.29, 1.82) is 0 Å². The lowest BCUT2D eigenvalue weighted by molar-refractivity contribution is 0.801. The minimum Gasteiger partial charge on any atom is -0.243 e. The molecule has 0 aliphatic rings. The summed E-state index contributed by atoms with van der Waals surface area (Å²) in [5.74, 6) is 0.618. The molecule has 2 heterocycles. The van der Waals surface area contributed by atoms with Crippen molar-refractivity contribution in [2.45, 2.75) is 13.8 Å². The number of halogens is 1. The van der Waals surface area contributed by atoms with Crippen molar-refractivity contribution in [2.24, 2.45) is 0 Å². The summed E-state index contributed by atoms with van der Waals surface area (Å²) >= 11 is 5.95. The third-order valence-corrected chi connectivity index (χ3v) is 2.13. The van der Waals surface area contributed by atoms with Crippen LogP contribution in [0, 0.1) is 13.8 Å². The second-order valence-electron chi connectivity index (χ2n) is 3.03. The fourth-order valence-corrected chi connectivity index (χ4v) is 1.49. The molecule has 4 nitrogen and oxygen atoms in total. The van der Waals surface area contributed by atoms with Gasteiger partial charge in [0.05, 0.1) is 11.9 Å². The monoisotopic (exact) mass is 208 g/mol. The van der Waals surface area contributed by atoms with Gasteiger partial charge in [0.2, 0.25) is 0 Å². The number of aryl methyl sites for hydroxylation is 2. The van der Waals surface area contributed by atoms with Crippen LogP contribution in [0.3, 0.4) is 0 Å². The van der Waals surface area contributed by atoms with Gasteiger partial charge in [-0.15, -0.1) is 0 Å². The molecule has 0 bridgehead atoms. The summed E-state index contributed by atoms with van der Waals surface area (Å²) in [5.41, 5.74) is 1.94. The van der Waals surface area contributed by atoms with E-state index in [0.717, 1.165) is 11.4 Å². The third kappa shape index (κ3) is 1.48. The molecule has 0 aromatic carbocycles. The summed E-state index contributed by atoms with van der Waals surface area (Å²) < 4.78 is 1.71. The van der Waals surface area contributed by atoms with E-state index in [2.05, 4.69) is 15.1 Å². The zero-order valence-corrected chi connectivity index (χ0v) is 8.65. The van der Waals surface area contributed by atoms with Crippen LogP contribution in [0.5, 0.6) is 0 Å². The Morgan fingerprint density at radius 1 is 1.36 bits per heavy atom. The van der Waals surface area contributed by atoms with Crippen LogP contribution in [-0.2, 0) is 0 Å². The molecule has 0 fully saturated rings. The van der Waals surface area contributed by atoms with Crippen molar-refractivity contribution in [3.05, 3.63) is 35.0 Å². The molecule has 2 aromatic heterocycles. The SMILES string of the molecule is Cc1cc(C)n(-c2ncncc2Cl)n1. The van der Waals surface area contributed by atoms with Crippen molar-refractivity contribution >= 4 is 11.6 Å². The maximum atomic E-state index is 5.95. The lowest BCUT2D eigenvalue weighted by Crippen LogP contribution is -2.02. The third-order valence-electron chi connectivity index (χ3n) is 1.86. The predicted molar refractivity (Wildman–Crippen MR) is 53.6 cm³/mol. The highest BCUT2D eigenvalue weighted by Crippen LogP contribution is 2.17. The van der Waals surface area contributed by atoms with Crippen molar-refractivity contribution in [1.82, 2.24) is 19.7 Å². The van der Waals surface area contributed by atoms with Crippen molar-refractivity contribution < 1.29 is 0 Å². The van der Waals surface area contributed by atoms with E-state index in [1.54, 1.807) is 10.9 Å². The molecule has 0 aliphatic heterocycles. The van der Waals surface area contributed by atoms with Gasteiger partial charge in [-0.05, 0) is 19.9 Å². The Morgan fingerprint density at radius 2 is 2.14 bits per heavy atom. The number of hydrogen-bond acceptors (Lipinski definition) is 3. The summed E-state index contributed by atoms with van der Waals surface area (Å²) in [5, 5.41) is 4.78. The van der Waals surface area contributed by atoms with Gasteiger partial charge < -0.3 is 0 Å². The lowest BCUT2D eigenvalue weighted by atomic mass is 10.4. The minimum atomic E-state index is 0.499. The largest absolute Gasteiger partial charge is 0.243 e. The second kappa shape index (κ2) is 3.38. The Morgan fingerprint density at radius 3 is 2.71 bits per heavy atom. The van der Waals surface area contributed by atoms with Crippen molar-refractivity contribution in [3.8, 4) is 5.82 Å². The highest BCUT2D eigenvalue weighted by molar-refractivity contribution is 6.32. The molecular weight excluding hydrogens is 200 g/mol. The molecule has 5 heteroatoms. The first kappa shape index (κ1) is 9.15. The molecule has 2 aromatic rings.